The Morgan fingerprint density at radius 2 is 0.500 bits per heavy atom. The molecular formula is H9CoP3. The molecular weight excluding hydrogens is 152 g/mol. The minimum atomic E-state index is 0. The summed E-state index contributed by atoms with van der Waals surface area (Å²) in [7, 11) is 0. The smallest absolute Gasteiger partial charge is 0 e. The molecule has 0 heterocycles. The molecule has 0 saturated carbocycles. The zero-order valence-corrected chi connectivity index (χ0v) is 7.74. The van der Waals surface area contributed by atoms with Gasteiger partial charge in [-0.2, -0.15) is 29.7 Å². The molecule has 4 heteroatoms. The van der Waals surface area contributed by atoms with E-state index in [9.17, 15) is 0 Å². The topological polar surface area (TPSA) is 0 Å². The standard InChI is InChI=1S/Co.3H3P/h;3*1H3. The first-order valence-electron chi connectivity index (χ1n) is 0. The van der Waals surface area contributed by atoms with E-state index in [0.29, 0.717) is 0 Å². The minimum absolute atomic E-state index is 0. The van der Waals surface area contributed by atoms with Gasteiger partial charge in [0.05, 0.1) is 0 Å². The molecule has 3 unspecified atom stereocenters. The van der Waals surface area contributed by atoms with Crippen LogP contribution in [0.1, 0.15) is 0 Å². The van der Waals surface area contributed by atoms with Crippen LogP contribution in [0.25, 0.3) is 0 Å². The van der Waals surface area contributed by atoms with Crippen LogP contribution in [-0.4, -0.2) is 0 Å². The maximum Gasteiger partial charge on any atom is 0 e. The van der Waals surface area contributed by atoms with Gasteiger partial charge in [-0.05, 0) is 0 Å². The number of rotatable bonds is 0. The molecule has 33 valence electrons. The van der Waals surface area contributed by atoms with Gasteiger partial charge in [0.2, 0.25) is 0 Å². The molecule has 3 atom stereocenters. The summed E-state index contributed by atoms with van der Waals surface area (Å²) in [5.41, 5.74) is 0. The molecule has 0 aliphatic rings. The Morgan fingerprint density at radius 1 is 0.500 bits per heavy atom. The van der Waals surface area contributed by atoms with Gasteiger partial charge in [0.15, 0.2) is 0 Å². The average molecular weight is 161 g/mol. The minimum Gasteiger partial charge on any atom is -0.153 e. The first-order valence-corrected chi connectivity index (χ1v) is 0. The van der Waals surface area contributed by atoms with Crippen LogP contribution in [0.15, 0.2) is 0 Å². The van der Waals surface area contributed by atoms with Gasteiger partial charge in [0, 0.05) is 16.8 Å². The van der Waals surface area contributed by atoms with E-state index >= 15 is 0 Å². The van der Waals surface area contributed by atoms with Crippen molar-refractivity contribution in [1.82, 2.24) is 0 Å². The molecule has 0 N–H and O–H groups in total. The largest absolute Gasteiger partial charge is 0.153 e. The fourth-order valence-electron chi connectivity index (χ4n) is 0. The zero-order valence-electron chi connectivity index (χ0n) is 2.45. The van der Waals surface area contributed by atoms with Crippen LogP contribution in [0.4, 0.5) is 0 Å². The summed E-state index contributed by atoms with van der Waals surface area (Å²) >= 11 is 0. The van der Waals surface area contributed by atoms with E-state index in [1.807, 2.05) is 0 Å². The molecule has 0 aromatic rings. The molecule has 0 spiro atoms. The van der Waals surface area contributed by atoms with Crippen molar-refractivity contribution in [1.29, 1.82) is 0 Å². The van der Waals surface area contributed by atoms with Crippen LogP contribution in [0.2, 0.25) is 0 Å². The SMILES string of the molecule is P.P.P.[Co]. The van der Waals surface area contributed by atoms with Crippen molar-refractivity contribution in [3.8, 4) is 0 Å². The molecule has 0 aromatic heterocycles. The summed E-state index contributed by atoms with van der Waals surface area (Å²) in [6, 6.07) is 0. The normalized spacial score (nSPS) is 0. The van der Waals surface area contributed by atoms with Gasteiger partial charge in [-0.15, -0.1) is 0 Å². The predicted molar refractivity (Wildman–Crippen MR) is 33.3 cm³/mol. The van der Waals surface area contributed by atoms with E-state index in [1.54, 1.807) is 0 Å². The van der Waals surface area contributed by atoms with Gasteiger partial charge in [0.25, 0.3) is 0 Å². The Balaban J connectivity index is 0. The Morgan fingerprint density at radius 3 is 0.500 bits per heavy atom. The van der Waals surface area contributed by atoms with Gasteiger partial charge in [-0.3, -0.25) is 0 Å². The van der Waals surface area contributed by atoms with Crippen molar-refractivity contribution in [2.45, 2.75) is 0 Å². The second kappa shape index (κ2) is 21.4. The van der Waals surface area contributed by atoms with E-state index < -0.39 is 0 Å². The fourth-order valence-corrected chi connectivity index (χ4v) is 0. The Kier molecular flexibility index (Phi) is 221. The average Bonchev–Trinajstić information content (AvgIpc) is 0. The predicted octanol–water partition coefficient (Wildman–Crippen LogP) is 0.172. The second-order valence-corrected chi connectivity index (χ2v) is 0. The van der Waals surface area contributed by atoms with E-state index in [-0.39, 0.29) is 46.5 Å². The van der Waals surface area contributed by atoms with Crippen molar-refractivity contribution < 1.29 is 16.8 Å². The van der Waals surface area contributed by atoms with Gasteiger partial charge >= 0.3 is 0 Å². The fraction of sp³-hybridized carbons (Fsp3) is 0. The maximum absolute atomic E-state index is 0. The first-order chi connectivity index (χ1) is 0. The summed E-state index contributed by atoms with van der Waals surface area (Å²) in [5.74, 6) is 0. The third-order valence-corrected chi connectivity index (χ3v) is 0. The molecule has 0 bridgehead atoms. The van der Waals surface area contributed by atoms with E-state index in [2.05, 4.69) is 0 Å². The summed E-state index contributed by atoms with van der Waals surface area (Å²) in [6.45, 7) is 0. The monoisotopic (exact) mass is 161 g/mol. The van der Waals surface area contributed by atoms with E-state index in [4.69, 9.17) is 0 Å². The van der Waals surface area contributed by atoms with Crippen LogP contribution >= 0.6 is 29.7 Å². The zero-order chi connectivity index (χ0) is 0. The van der Waals surface area contributed by atoms with Crippen molar-refractivity contribution >= 4 is 29.7 Å². The summed E-state index contributed by atoms with van der Waals surface area (Å²) in [5, 5.41) is 0. The van der Waals surface area contributed by atoms with Crippen LogP contribution in [-0.2, 0) is 16.8 Å². The summed E-state index contributed by atoms with van der Waals surface area (Å²) in [6.07, 6.45) is 0. The van der Waals surface area contributed by atoms with Crippen molar-refractivity contribution in [2.24, 2.45) is 0 Å². The van der Waals surface area contributed by atoms with Crippen LogP contribution in [0.3, 0.4) is 0 Å². The first kappa shape index (κ1) is 41.3. The molecule has 0 amide bonds. The van der Waals surface area contributed by atoms with Crippen LogP contribution < -0.4 is 0 Å². The van der Waals surface area contributed by atoms with Crippen LogP contribution in [0.5, 0.6) is 0 Å². The van der Waals surface area contributed by atoms with Gasteiger partial charge in [-0.25, -0.2) is 0 Å². The third kappa shape index (κ3) is 9.20. The molecule has 0 nitrogen and oxygen atoms in total. The molecule has 0 aliphatic carbocycles. The molecule has 1 radical (unpaired) electrons. The molecule has 0 rings (SSSR count). The van der Waals surface area contributed by atoms with Crippen molar-refractivity contribution in [2.75, 3.05) is 0 Å². The van der Waals surface area contributed by atoms with Crippen LogP contribution in [0, 0.1) is 0 Å². The Bertz CT molecular complexity index is 3.25. The third-order valence-electron chi connectivity index (χ3n) is 0. The molecule has 4 heavy (non-hydrogen) atoms. The van der Waals surface area contributed by atoms with Gasteiger partial charge < -0.3 is 0 Å². The molecule has 0 fully saturated rings. The molecule has 0 aromatic carbocycles. The number of hydrogen-bond donors (Lipinski definition) is 0. The maximum atomic E-state index is 0. The van der Waals surface area contributed by atoms with E-state index in [0.717, 1.165) is 0 Å². The quantitative estimate of drug-likeness (QED) is 0.444. The summed E-state index contributed by atoms with van der Waals surface area (Å²) < 4.78 is 0. The van der Waals surface area contributed by atoms with Crippen molar-refractivity contribution in [3.63, 3.8) is 0 Å². The van der Waals surface area contributed by atoms with Crippen molar-refractivity contribution in [3.05, 3.63) is 0 Å². The van der Waals surface area contributed by atoms with E-state index in [1.165, 1.54) is 0 Å². The Hall–Kier alpha value is 1.80. The second-order valence-electron chi connectivity index (χ2n) is 0. The van der Waals surface area contributed by atoms with Gasteiger partial charge in [-0.1, -0.05) is 0 Å². The Labute approximate surface area is 46.9 Å². The van der Waals surface area contributed by atoms with Gasteiger partial charge in [0.1, 0.15) is 0 Å². The molecule has 0 aliphatic heterocycles. The summed E-state index contributed by atoms with van der Waals surface area (Å²) in [4.78, 5) is 0. The molecule has 0 saturated heterocycles. The number of hydrogen-bond acceptors (Lipinski definition) is 0.